The maximum absolute atomic E-state index is 6.02. The van der Waals surface area contributed by atoms with Gasteiger partial charge in [-0.25, -0.2) is 9.97 Å². The van der Waals surface area contributed by atoms with Crippen LogP contribution in [0.2, 0.25) is 5.02 Å². The lowest BCUT2D eigenvalue weighted by Gasteiger charge is -2.39. The molecule has 4 rings (SSSR count). The highest BCUT2D eigenvalue weighted by Crippen LogP contribution is 2.42. The number of nitrogens with zero attached hydrogens (tertiary/aromatic N) is 5. The van der Waals surface area contributed by atoms with Crippen LogP contribution in [0.3, 0.4) is 0 Å². The Kier molecular flexibility index (Phi) is 3.53. The molecule has 2 atom stereocenters. The van der Waals surface area contributed by atoms with Crippen LogP contribution >= 0.6 is 11.6 Å². The van der Waals surface area contributed by atoms with Crippen molar-refractivity contribution in [3.05, 3.63) is 35.5 Å². The van der Waals surface area contributed by atoms with Gasteiger partial charge in [0.2, 0.25) is 0 Å². The van der Waals surface area contributed by atoms with Gasteiger partial charge in [-0.3, -0.25) is 4.68 Å². The first-order chi connectivity index (χ1) is 10.7. The van der Waals surface area contributed by atoms with E-state index in [1.807, 2.05) is 10.9 Å². The van der Waals surface area contributed by atoms with Crippen LogP contribution in [-0.4, -0.2) is 31.8 Å². The molecule has 0 aliphatic carbocycles. The van der Waals surface area contributed by atoms with Gasteiger partial charge in [0.25, 0.3) is 0 Å². The number of piperidine rings is 1. The number of rotatable bonds is 3. The molecule has 6 heteroatoms. The Bertz CT molecular complexity index is 656. The standard InChI is InChI=1S/C16H20ClN5/c1-2-12-5-16(19-10-18-12)22-13-3-4-14(22)7-15(6-13)21-9-11(17)8-20-21/h5,8-10,13-15H,2-4,6-7H2,1H3. The Labute approximate surface area is 135 Å². The van der Waals surface area contributed by atoms with E-state index in [-0.39, 0.29) is 0 Å². The van der Waals surface area contributed by atoms with Gasteiger partial charge < -0.3 is 4.90 Å². The second kappa shape index (κ2) is 5.54. The zero-order valence-electron chi connectivity index (χ0n) is 12.7. The van der Waals surface area contributed by atoms with E-state index in [1.54, 1.807) is 12.5 Å². The number of anilines is 1. The van der Waals surface area contributed by atoms with E-state index in [2.05, 4.69) is 33.0 Å². The lowest BCUT2D eigenvalue weighted by molar-refractivity contribution is 0.313. The summed E-state index contributed by atoms with van der Waals surface area (Å²) < 4.78 is 2.04. The largest absolute Gasteiger partial charge is 0.350 e. The van der Waals surface area contributed by atoms with Crippen molar-refractivity contribution in [1.29, 1.82) is 0 Å². The van der Waals surface area contributed by atoms with E-state index in [0.717, 1.165) is 35.8 Å². The number of aryl methyl sites for hydroxylation is 1. The minimum atomic E-state index is 0.453. The molecule has 0 radical (unpaired) electrons. The van der Waals surface area contributed by atoms with E-state index in [1.165, 1.54) is 12.8 Å². The van der Waals surface area contributed by atoms with E-state index in [0.29, 0.717) is 18.1 Å². The van der Waals surface area contributed by atoms with Gasteiger partial charge in [-0.05, 0) is 32.1 Å². The highest BCUT2D eigenvalue weighted by atomic mass is 35.5. The summed E-state index contributed by atoms with van der Waals surface area (Å²) in [4.78, 5) is 11.4. The molecule has 2 fully saturated rings. The average Bonchev–Trinajstić information content (AvgIpc) is 3.08. The maximum Gasteiger partial charge on any atom is 0.132 e. The molecule has 2 unspecified atom stereocenters. The Balaban J connectivity index is 1.58. The fourth-order valence-electron chi connectivity index (χ4n) is 3.97. The SMILES string of the molecule is CCc1cc(N2C3CCC2CC(n2cc(Cl)cn2)C3)ncn1. The molecule has 0 aromatic carbocycles. The number of aromatic nitrogens is 4. The van der Waals surface area contributed by atoms with Crippen molar-refractivity contribution in [3.8, 4) is 0 Å². The molecular weight excluding hydrogens is 298 g/mol. The van der Waals surface area contributed by atoms with Gasteiger partial charge in [-0.15, -0.1) is 0 Å². The first-order valence-corrected chi connectivity index (χ1v) is 8.41. The van der Waals surface area contributed by atoms with Crippen LogP contribution in [-0.2, 0) is 6.42 Å². The molecule has 2 aliphatic rings. The van der Waals surface area contributed by atoms with Gasteiger partial charge in [0.1, 0.15) is 12.1 Å². The zero-order valence-corrected chi connectivity index (χ0v) is 13.4. The fourth-order valence-corrected chi connectivity index (χ4v) is 4.12. The number of hydrogen-bond donors (Lipinski definition) is 0. The predicted octanol–water partition coefficient (Wildman–Crippen LogP) is 3.26. The molecular formula is C16H20ClN5. The van der Waals surface area contributed by atoms with E-state index < -0.39 is 0 Å². The van der Waals surface area contributed by atoms with Crippen molar-refractivity contribution in [3.63, 3.8) is 0 Å². The molecule has 2 aromatic rings. The number of fused-ring (bicyclic) bond motifs is 2. The normalized spacial score (nSPS) is 27.4. The fraction of sp³-hybridized carbons (Fsp3) is 0.562. The minimum Gasteiger partial charge on any atom is -0.350 e. The van der Waals surface area contributed by atoms with Gasteiger partial charge in [0.05, 0.1) is 17.3 Å². The predicted molar refractivity (Wildman–Crippen MR) is 86.2 cm³/mol. The van der Waals surface area contributed by atoms with Crippen LogP contribution in [0.5, 0.6) is 0 Å². The number of halogens is 1. The van der Waals surface area contributed by atoms with Gasteiger partial charge in [-0.2, -0.15) is 5.10 Å². The average molecular weight is 318 g/mol. The molecule has 2 saturated heterocycles. The van der Waals surface area contributed by atoms with Crippen molar-refractivity contribution in [2.24, 2.45) is 0 Å². The van der Waals surface area contributed by atoms with E-state index >= 15 is 0 Å². The number of hydrogen-bond acceptors (Lipinski definition) is 4. The highest BCUT2D eigenvalue weighted by Gasteiger charge is 2.42. The van der Waals surface area contributed by atoms with E-state index in [9.17, 15) is 0 Å². The van der Waals surface area contributed by atoms with Crippen LogP contribution in [0.15, 0.2) is 24.8 Å². The lowest BCUT2D eigenvalue weighted by atomic mass is 9.97. The lowest BCUT2D eigenvalue weighted by Crippen LogP contribution is -2.44. The summed E-state index contributed by atoms with van der Waals surface area (Å²) in [5.41, 5.74) is 1.12. The summed E-state index contributed by atoms with van der Waals surface area (Å²) in [6, 6.07) is 3.70. The summed E-state index contributed by atoms with van der Waals surface area (Å²) in [7, 11) is 0. The van der Waals surface area contributed by atoms with Crippen LogP contribution in [0.25, 0.3) is 0 Å². The van der Waals surface area contributed by atoms with Gasteiger partial charge in [-0.1, -0.05) is 18.5 Å². The molecule has 22 heavy (non-hydrogen) atoms. The topological polar surface area (TPSA) is 46.8 Å². The summed E-state index contributed by atoms with van der Waals surface area (Å²) >= 11 is 6.02. The smallest absolute Gasteiger partial charge is 0.132 e. The van der Waals surface area contributed by atoms with Crippen LogP contribution in [0.1, 0.15) is 44.3 Å². The first-order valence-electron chi connectivity index (χ1n) is 8.03. The zero-order chi connectivity index (χ0) is 15.1. The van der Waals surface area contributed by atoms with Crippen LogP contribution < -0.4 is 4.90 Å². The summed E-state index contributed by atoms with van der Waals surface area (Å²) in [5, 5.41) is 5.12. The third-order valence-electron chi connectivity index (χ3n) is 4.99. The first kappa shape index (κ1) is 14.0. The molecule has 2 aliphatic heterocycles. The molecule has 5 nitrogen and oxygen atoms in total. The highest BCUT2D eigenvalue weighted by molar-refractivity contribution is 6.30. The van der Waals surface area contributed by atoms with Gasteiger partial charge >= 0.3 is 0 Å². The van der Waals surface area contributed by atoms with Crippen molar-refractivity contribution >= 4 is 17.4 Å². The van der Waals surface area contributed by atoms with Gasteiger partial charge in [0.15, 0.2) is 0 Å². The second-order valence-corrected chi connectivity index (χ2v) is 6.71. The molecule has 116 valence electrons. The summed E-state index contributed by atoms with van der Waals surface area (Å²) in [6.07, 6.45) is 11.0. The summed E-state index contributed by atoms with van der Waals surface area (Å²) in [5.74, 6) is 1.09. The van der Waals surface area contributed by atoms with Crippen molar-refractivity contribution < 1.29 is 0 Å². The molecule has 0 N–H and O–H groups in total. The third kappa shape index (κ3) is 2.37. The molecule has 2 aromatic heterocycles. The van der Waals surface area contributed by atoms with E-state index in [4.69, 9.17) is 11.6 Å². The molecule has 0 spiro atoms. The Morgan fingerprint density at radius 1 is 1.18 bits per heavy atom. The Morgan fingerprint density at radius 2 is 1.95 bits per heavy atom. The second-order valence-electron chi connectivity index (χ2n) is 6.28. The van der Waals surface area contributed by atoms with Crippen molar-refractivity contribution in [2.75, 3.05) is 4.90 Å². The summed E-state index contributed by atoms with van der Waals surface area (Å²) in [6.45, 7) is 2.13. The monoisotopic (exact) mass is 317 g/mol. The maximum atomic E-state index is 6.02. The Hall–Kier alpha value is -1.62. The quantitative estimate of drug-likeness (QED) is 0.871. The minimum absolute atomic E-state index is 0.453. The Morgan fingerprint density at radius 3 is 2.59 bits per heavy atom. The van der Waals surface area contributed by atoms with Crippen LogP contribution in [0.4, 0.5) is 5.82 Å². The molecule has 0 amide bonds. The molecule has 2 bridgehead atoms. The molecule has 0 saturated carbocycles. The third-order valence-corrected chi connectivity index (χ3v) is 5.18. The van der Waals surface area contributed by atoms with Crippen molar-refractivity contribution in [2.45, 2.75) is 57.2 Å². The molecule has 4 heterocycles. The van der Waals surface area contributed by atoms with Crippen molar-refractivity contribution in [1.82, 2.24) is 19.7 Å². The van der Waals surface area contributed by atoms with Crippen LogP contribution in [0, 0.1) is 0 Å². The van der Waals surface area contributed by atoms with Gasteiger partial charge in [0, 0.05) is 30.0 Å².